The van der Waals surface area contributed by atoms with Gasteiger partial charge in [0.25, 0.3) is 5.69 Å². The number of amides is 1. The highest BCUT2D eigenvalue weighted by Gasteiger charge is 2.66. The van der Waals surface area contributed by atoms with Gasteiger partial charge >= 0.3 is 12.2 Å². The molecule has 12 heteroatoms. The van der Waals surface area contributed by atoms with Crippen LogP contribution in [-0.2, 0) is 23.7 Å². The maximum Gasteiger partial charge on any atom is 0.513 e. The first-order valence-corrected chi connectivity index (χ1v) is 14.2. The van der Waals surface area contributed by atoms with Crippen molar-refractivity contribution in [2.24, 2.45) is 5.92 Å². The van der Waals surface area contributed by atoms with Gasteiger partial charge in [0.05, 0.1) is 34.9 Å². The first kappa shape index (κ1) is 29.3. The van der Waals surface area contributed by atoms with Gasteiger partial charge in [-0.1, -0.05) is 24.5 Å². The van der Waals surface area contributed by atoms with E-state index in [4.69, 9.17) is 28.4 Å². The van der Waals surface area contributed by atoms with E-state index < -0.39 is 28.8 Å². The summed E-state index contributed by atoms with van der Waals surface area (Å²) in [6, 6.07) is 5.10. The summed E-state index contributed by atoms with van der Waals surface area (Å²) in [5.41, 5.74) is 0.0570. The van der Waals surface area contributed by atoms with Gasteiger partial charge in [-0.3, -0.25) is 10.1 Å². The average Bonchev–Trinajstić information content (AvgIpc) is 3.85. The third kappa shape index (κ3) is 6.82. The number of allylic oxidation sites excluding steroid dienone is 1. The fourth-order valence-electron chi connectivity index (χ4n) is 6.30. The van der Waals surface area contributed by atoms with Gasteiger partial charge in [0.15, 0.2) is 0 Å². The first-order valence-electron chi connectivity index (χ1n) is 14.2. The molecule has 6 unspecified atom stereocenters. The van der Waals surface area contributed by atoms with E-state index in [0.717, 1.165) is 25.7 Å². The summed E-state index contributed by atoms with van der Waals surface area (Å²) in [6.45, 7) is 4.69. The molecule has 2 aliphatic heterocycles. The molecule has 12 nitrogen and oxygen atoms in total. The predicted octanol–water partition coefficient (Wildman–Crippen LogP) is 4.84. The lowest BCUT2D eigenvalue weighted by Crippen LogP contribution is -2.55. The van der Waals surface area contributed by atoms with Crippen molar-refractivity contribution in [2.75, 3.05) is 20.3 Å². The van der Waals surface area contributed by atoms with Gasteiger partial charge in [0.2, 0.25) is 0 Å². The molecule has 0 bridgehead atoms. The summed E-state index contributed by atoms with van der Waals surface area (Å²) in [5, 5.41) is 13.8. The van der Waals surface area contributed by atoms with Crippen molar-refractivity contribution in [3.8, 4) is 5.75 Å². The van der Waals surface area contributed by atoms with Crippen LogP contribution in [0.15, 0.2) is 35.9 Å². The Balaban J connectivity index is 1.16. The second kappa shape index (κ2) is 11.9. The Kier molecular flexibility index (Phi) is 8.53. The molecule has 2 heterocycles. The van der Waals surface area contributed by atoms with Gasteiger partial charge in [0.1, 0.15) is 24.6 Å². The number of benzene rings is 1. The highest BCUT2D eigenvalue weighted by atomic mass is 16.7. The molecule has 2 saturated heterocycles. The summed E-state index contributed by atoms with van der Waals surface area (Å²) < 4.78 is 34.3. The van der Waals surface area contributed by atoms with E-state index in [9.17, 15) is 19.7 Å². The van der Waals surface area contributed by atoms with Gasteiger partial charge in [0, 0.05) is 25.2 Å². The molecule has 5 rings (SSSR count). The Bertz CT molecular complexity index is 1150. The summed E-state index contributed by atoms with van der Waals surface area (Å²) in [7, 11) is 1.63. The smallest absolute Gasteiger partial charge is 0.443 e. The second-order valence-electron chi connectivity index (χ2n) is 11.7. The molecule has 1 amide bonds. The van der Waals surface area contributed by atoms with Gasteiger partial charge in [-0.15, -0.1) is 0 Å². The fraction of sp³-hybridized carbons (Fsp3) is 0.655. The second-order valence-corrected chi connectivity index (χ2v) is 11.7. The molecule has 1 spiro atoms. The summed E-state index contributed by atoms with van der Waals surface area (Å²) in [5.74, 6) is 0.0821. The van der Waals surface area contributed by atoms with Gasteiger partial charge in [-0.05, 0) is 58.1 Å². The summed E-state index contributed by atoms with van der Waals surface area (Å²) >= 11 is 0. The molecule has 4 aliphatic rings. The monoisotopic (exact) mass is 574 g/mol. The molecule has 2 saturated carbocycles. The molecule has 6 atom stereocenters. The van der Waals surface area contributed by atoms with Crippen molar-refractivity contribution in [2.45, 2.75) is 94.3 Å². The minimum Gasteiger partial charge on any atom is -0.443 e. The average molecular weight is 575 g/mol. The lowest BCUT2D eigenvalue weighted by molar-refractivity contribution is -0.384. The standard InChI is InChI=1S/C29H38N2O10/c1-18(2)6-11-21-25(40-21)23-24(36-3)22(12-15-29(23)17-38-29)41-26(32)30-28(13-4-5-14-28)16-37-27(33)39-20-9-7-19(8-10-20)31(34)35/h6-10,21-25H,4-5,11-17H2,1-3H3,(H,30,32). The third-order valence-electron chi connectivity index (χ3n) is 8.60. The van der Waals surface area contributed by atoms with E-state index in [1.165, 1.54) is 29.8 Å². The van der Waals surface area contributed by atoms with Crippen molar-refractivity contribution < 1.29 is 42.9 Å². The first-order chi connectivity index (χ1) is 19.6. The van der Waals surface area contributed by atoms with Crippen LogP contribution in [0, 0.1) is 16.0 Å². The van der Waals surface area contributed by atoms with Crippen LogP contribution < -0.4 is 10.1 Å². The number of epoxide rings is 2. The number of nitro groups is 1. The molecule has 1 aromatic carbocycles. The van der Waals surface area contributed by atoms with Gasteiger partial charge in [-0.2, -0.15) is 0 Å². The topological polar surface area (TPSA) is 151 Å². The van der Waals surface area contributed by atoms with Crippen LogP contribution in [0.3, 0.4) is 0 Å². The summed E-state index contributed by atoms with van der Waals surface area (Å²) in [4.78, 5) is 35.8. The van der Waals surface area contributed by atoms with Gasteiger partial charge < -0.3 is 33.7 Å². The number of nitrogens with zero attached hydrogens (tertiary/aromatic N) is 1. The van der Waals surface area contributed by atoms with Crippen molar-refractivity contribution in [3.05, 3.63) is 46.0 Å². The number of carbonyl (C=O) groups is 2. The normalized spacial score (nSPS) is 31.1. The number of ether oxygens (including phenoxy) is 6. The Hall–Kier alpha value is -3.22. The van der Waals surface area contributed by atoms with Crippen LogP contribution in [0.4, 0.5) is 15.3 Å². The molecule has 41 heavy (non-hydrogen) atoms. The van der Waals surface area contributed by atoms with Crippen molar-refractivity contribution in [1.29, 1.82) is 0 Å². The molecule has 4 fully saturated rings. The predicted molar refractivity (Wildman–Crippen MR) is 145 cm³/mol. The van der Waals surface area contributed by atoms with E-state index in [0.29, 0.717) is 25.9 Å². The number of nitrogens with one attached hydrogen (secondary N) is 1. The Morgan fingerprint density at radius 2 is 1.88 bits per heavy atom. The van der Waals surface area contributed by atoms with Crippen molar-refractivity contribution >= 4 is 17.9 Å². The van der Waals surface area contributed by atoms with Crippen LogP contribution in [0.25, 0.3) is 0 Å². The Labute approximate surface area is 238 Å². The Morgan fingerprint density at radius 3 is 2.49 bits per heavy atom. The number of alkyl carbamates (subject to hydrolysis) is 1. The fourth-order valence-corrected chi connectivity index (χ4v) is 6.30. The lowest BCUT2D eigenvalue weighted by Gasteiger charge is -2.40. The van der Waals surface area contributed by atoms with E-state index in [-0.39, 0.29) is 47.9 Å². The molecular formula is C29H38N2O10. The zero-order valence-electron chi connectivity index (χ0n) is 23.7. The van der Waals surface area contributed by atoms with Crippen LogP contribution in [-0.4, -0.2) is 73.1 Å². The molecule has 1 aromatic rings. The number of methoxy groups -OCH3 is 1. The van der Waals surface area contributed by atoms with E-state index >= 15 is 0 Å². The highest BCUT2D eigenvalue weighted by molar-refractivity contribution is 5.69. The number of hydrogen-bond acceptors (Lipinski definition) is 10. The molecule has 1 N–H and O–H groups in total. The minimum absolute atomic E-state index is 0.0103. The van der Waals surface area contributed by atoms with Crippen molar-refractivity contribution in [3.63, 3.8) is 0 Å². The largest absolute Gasteiger partial charge is 0.513 e. The Morgan fingerprint density at radius 1 is 1.17 bits per heavy atom. The maximum absolute atomic E-state index is 13.2. The molecule has 0 aromatic heterocycles. The number of nitro benzene ring substituents is 1. The molecule has 224 valence electrons. The molecule has 0 radical (unpaired) electrons. The minimum atomic E-state index is -0.961. The zero-order chi connectivity index (χ0) is 29.2. The molecule has 2 aliphatic carbocycles. The number of rotatable bonds is 10. The number of hydrogen-bond donors (Lipinski definition) is 1. The van der Waals surface area contributed by atoms with Gasteiger partial charge in [-0.25, -0.2) is 9.59 Å². The van der Waals surface area contributed by atoms with E-state index in [1.54, 1.807) is 7.11 Å². The van der Waals surface area contributed by atoms with Crippen LogP contribution in [0.5, 0.6) is 5.75 Å². The quantitative estimate of drug-likeness (QED) is 0.103. The van der Waals surface area contributed by atoms with Crippen LogP contribution in [0.2, 0.25) is 0 Å². The summed E-state index contributed by atoms with van der Waals surface area (Å²) in [6.07, 6.45) is 5.02. The van der Waals surface area contributed by atoms with E-state index in [2.05, 4.69) is 25.2 Å². The SMILES string of the molecule is COC1C(OC(=O)NC2(COC(=O)Oc3ccc([N+](=O)[O-])cc3)CCCC2)CCC2(CO2)C1C1OC1CC=C(C)C. The van der Waals surface area contributed by atoms with Crippen LogP contribution in [0.1, 0.15) is 58.8 Å². The molecular weight excluding hydrogens is 536 g/mol. The number of non-ortho nitro benzene ring substituents is 1. The highest BCUT2D eigenvalue weighted by Crippen LogP contribution is 2.54. The number of carbonyl (C=O) groups excluding carboxylic acids is 2. The van der Waals surface area contributed by atoms with Crippen LogP contribution >= 0.6 is 0 Å². The lowest BCUT2D eigenvalue weighted by atomic mass is 9.73. The zero-order valence-corrected chi connectivity index (χ0v) is 23.7. The van der Waals surface area contributed by atoms with Crippen molar-refractivity contribution in [1.82, 2.24) is 5.32 Å². The maximum atomic E-state index is 13.2. The third-order valence-corrected chi connectivity index (χ3v) is 8.60. The van der Waals surface area contributed by atoms with E-state index in [1.807, 2.05) is 0 Å².